The Kier molecular flexibility index (Phi) is 8.22. The number of nitrogens with zero attached hydrogens (tertiary/aromatic N) is 3. The molecule has 3 amide bonds. The number of aryl methyl sites for hydroxylation is 1. The van der Waals surface area contributed by atoms with Gasteiger partial charge in [-0.05, 0) is 61.1 Å². The first-order valence-corrected chi connectivity index (χ1v) is 12.9. The minimum absolute atomic E-state index is 0.00482. The molecule has 2 saturated heterocycles. The Bertz CT molecular complexity index is 1220. The molecular formula is C28H33F4N3O4. The van der Waals surface area contributed by atoms with E-state index in [0.717, 1.165) is 23.3 Å². The molecule has 212 valence electrons. The van der Waals surface area contributed by atoms with Crippen molar-refractivity contribution in [3.63, 3.8) is 0 Å². The van der Waals surface area contributed by atoms with Crippen LogP contribution in [0, 0.1) is 18.2 Å². The highest BCUT2D eigenvalue weighted by Crippen LogP contribution is 2.49. The molecule has 0 radical (unpaired) electrons. The SMILES string of the molecule is Cc1ccccc1[C@H]1[C@@H]2CC(CCO)(CCO)C(=O)N2CCN1C(=O)N(C)Cc1cc(F)cc(C(F)(F)F)c1. The van der Waals surface area contributed by atoms with Gasteiger partial charge in [0.05, 0.1) is 23.1 Å². The van der Waals surface area contributed by atoms with Crippen LogP contribution in [0.4, 0.5) is 22.4 Å². The summed E-state index contributed by atoms with van der Waals surface area (Å²) < 4.78 is 53.7. The topological polar surface area (TPSA) is 84.3 Å². The lowest BCUT2D eigenvalue weighted by atomic mass is 9.77. The highest BCUT2D eigenvalue weighted by Gasteiger charge is 2.56. The number of hydrogen-bond donors (Lipinski definition) is 2. The number of amides is 3. The Morgan fingerprint density at radius 3 is 2.38 bits per heavy atom. The monoisotopic (exact) mass is 551 g/mol. The predicted octanol–water partition coefficient (Wildman–Crippen LogP) is 4.11. The Morgan fingerprint density at radius 1 is 1.10 bits per heavy atom. The summed E-state index contributed by atoms with van der Waals surface area (Å²) in [6.45, 7) is 1.62. The lowest BCUT2D eigenvalue weighted by Gasteiger charge is -2.46. The summed E-state index contributed by atoms with van der Waals surface area (Å²) in [5.74, 6) is -1.20. The Balaban J connectivity index is 1.67. The molecule has 4 rings (SSSR count). The zero-order valence-corrected chi connectivity index (χ0v) is 21.9. The Labute approximate surface area is 224 Å². The van der Waals surface area contributed by atoms with Crippen LogP contribution in [0.1, 0.15) is 47.6 Å². The van der Waals surface area contributed by atoms with Crippen molar-refractivity contribution in [1.29, 1.82) is 0 Å². The highest BCUT2D eigenvalue weighted by atomic mass is 19.4. The average molecular weight is 552 g/mol. The number of carbonyl (C=O) groups excluding carboxylic acids is 2. The van der Waals surface area contributed by atoms with Gasteiger partial charge in [-0.15, -0.1) is 0 Å². The largest absolute Gasteiger partial charge is 0.416 e. The summed E-state index contributed by atoms with van der Waals surface area (Å²) in [5, 5.41) is 19.4. The van der Waals surface area contributed by atoms with Gasteiger partial charge in [0.25, 0.3) is 0 Å². The third-order valence-electron chi connectivity index (χ3n) is 7.96. The standard InChI is InChI=1S/C28H33F4N3O4/c1-18-5-3-4-6-22(18)24-23-16-27(7-11-36,8-12-37)25(38)34(23)9-10-35(24)26(39)33(2)17-19-13-20(28(30,31)32)15-21(29)14-19/h3-6,13-15,23-24,36-37H,7-12,16-17H2,1-2H3/t23-,24-/m0/s1. The van der Waals surface area contributed by atoms with Crippen LogP contribution in [0.3, 0.4) is 0 Å². The summed E-state index contributed by atoms with van der Waals surface area (Å²) in [6, 6.07) is 8.26. The smallest absolute Gasteiger partial charge is 0.396 e. The molecule has 2 aromatic rings. The summed E-state index contributed by atoms with van der Waals surface area (Å²) in [5.41, 5.74) is -0.339. The lowest BCUT2D eigenvalue weighted by molar-refractivity contribution is -0.140. The van der Waals surface area contributed by atoms with Gasteiger partial charge in [0.2, 0.25) is 5.91 Å². The van der Waals surface area contributed by atoms with E-state index < -0.39 is 41.1 Å². The predicted molar refractivity (Wildman–Crippen MR) is 135 cm³/mol. The first-order chi connectivity index (χ1) is 18.4. The van der Waals surface area contributed by atoms with Crippen molar-refractivity contribution in [3.05, 3.63) is 70.5 Å². The van der Waals surface area contributed by atoms with E-state index >= 15 is 0 Å². The number of alkyl halides is 3. The number of urea groups is 1. The van der Waals surface area contributed by atoms with Crippen molar-refractivity contribution in [2.75, 3.05) is 33.4 Å². The quantitative estimate of drug-likeness (QED) is 0.508. The van der Waals surface area contributed by atoms with Gasteiger partial charge in [0.15, 0.2) is 0 Å². The van der Waals surface area contributed by atoms with Crippen LogP contribution in [-0.4, -0.2) is 76.2 Å². The summed E-state index contributed by atoms with van der Waals surface area (Å²) in [4.78, 5) is 32.0. The van der Waals surface area contributed by atoms with E-state index in [1.807, 2.05) is 31.2 Å². The van der Waals surface area contributed by atoms with Crippen molar-refractivity contribution < 1.29 is 37.4 Å². The summed E-state index contributed by atoms with van der Waals surface area (Å²) in [6.07, 6.45) is -4.02. The number of hydrogen-bond acceptors (Lipinski definition) is 4. The number of aliphatic hydroxyl groups excluding tert-OH is 2. The van der Waals surface area contributed by atoms with Crippen LogP contribution >= 0.6 is 0 Å². The second-order valence-electron chi connectivity index (χ2n) is 10.5. The van der Waals surface area contributed by atoms with Gasteiger partial charge in [-0.1, -0.05) is 24.3 Å². The van der Waals surface area contributed by atoms with Crippen LogP contribution in [0.2, 0.25) is 0 Å². The fourth-order valence-electron chi connectivity index (χ4n) is 6.11. The van der Waals surface area contributed by atoms with Gasteiger partial charge in [-0.2, -0.15) is 13.2 Å². The molecule has 2 heterocycles. The molecule has 0 aromatic heterocycles. The number of fused-ring (bicyclic) bond motifs is 1. The van der Waals surface area contributed by atoms with Crippen LogP contribution < -0.4 is 0 Å². The van der Waals surface area contributed by atoms with Crippen LogP contribution in [0.15, 0.2) is 42.5 Å². The van der Waals surface area contributed by atoms with Crippen LogP contribution in [0.5, 0.6) is 0 Å². The summed E-state index contributed by atoms with van der Waals surface area (Å²) >= 11 is 0. The molecule has 2 N–H and O–H groups in total. The second kappa shape index (κ2) is 11.1. The fraction of sp³-hybridized carbons (Fsp3) is 0.500. The van der Waals surface area contributed by atoms with Gasteiger partial charge < -0.3 is 24.9 Å². The normalized spacial score (nSPS) is 20.8. The molecule has 0 bridgehead atoms. The number of piperazine rings is 1. The number of halogens is 4. The molecule has 7 nitrogen and oxygen atoms in total. The molecule has 0 spiro atoms. The second-order valence-corrected chi connectivity index (χ2v) is 10.5. The molecule has 0 unspecified atom stereocenters. The van der Waals surface area contributed by atoms with Crippen LogP contribution in [0.25, 0.3) is 0 Å². The van der Waals surface area contributed by atoms with E-state index in [4.69, 9.17) is 0 Å². The maximum absolute atomic E-state index is 14.0. The van der Waals surface area contributed by atoms with Gasteiger partial charge >= 0.3 is 12.2 Å². The first kappa shape index (κ1) is 28.8. The van der Waals surface area contributed by atoms with E-state index in [1.54, 1.807) is 9.80 Å². The number of benzene rings is 2. The van der Waals surface area contributed by atoms with Crippen molar-refractivity contribution in [3.8, 4) is 0 Å². The molecule has 0 aliphatic carbocycles. The van der Waals surface area contributed by atoms with E-state index in [0.29, 0.717) is 12.5 Å². The molecule has 2 fully saturated rings. The van der Waals surface area contributed by atoms with Gasteiger partial charge in [-0.3, -0.25) is 4.79 Å². The number of aliphatic hydroxyl groups is 2. The molecule has 39 heavy (non-hydrogen) atoms. The van der Waals surface area contributed by atoms with E-state index in [2.05, 4.69) is 0 Å². The zero-order valence-electron chi connectivity index (χ0n) is 21.9. The fourth-order valence-corrected chi connectivity index (χ4v) is 6.11. The van der Waals surface area contributed by atoms with Gasteiger partial charge in [0, 0.05) is 39.9 Å². The van der Waals surface area contributed by atoms with Crippen molar-refractivity contribution in [2.24, 2.45) is 5.41 Å². The van der Waals surface area contributed by atoms with Crippen molar-refractivity contribution in [2.45, 2.75) is 51.0 Å². The number of rotatable bonds is 7. The minimum Gasteiger partial charge on any atom is -0.396 e. The zero-order chi connectivity index (χ0) is 28.5. The average Bonchev–Trinajstić information content (AvgIpc) is 3.14. The van der Waals surface area contributed by atoms with Crippen molar-refractivity contribution >= 4 is 11.9 Å². The molecule has 2 aromatic carbocycles. The Morgan fingerprint density at radius 2 is 1.77 bits per heavy atom. The number of carbonyl (C=O) groups is 2. The van der Waals surface area contributed by atoms with E-state index in [9.17, 15) is 37.4 Å². The molecule has 11 heteroatoms. The first-order valence-electron chi connectivity index (χ1n) is 12.9. The third-order valence-corrected chi connectivity index (χ3v) is 7.96. The maximum Gasteiger partial charge on any atom is 0.416 e. The maximum atomic E-state index is 14.0. The molecule has 2 aliphatic heterocycles. The van der Waals surface area contributed by atoms with E-state index in [-0.39, 0.29) is 57.2 Å². The van der Waals surface area contributed by atoms with Gasteiger partial charge in [-0.25, -0.2) is 9.18 Å². The summed E-state index contributed by atoms with van der Waals surface area (Å²) in [7, 11) is 1.45. The molecule has 2 aliphatic rings. The van der Waals surface area contributed by atoms with E-state index in [1.165, 1.54) is 11.9 Å². The molecule has 2 atom stereocenters. The van der Waals surface area contributed by atoms with Crippen LogP contribution in [-0.2, 0) is 17.5 Å². The highest BCUT2D eigenvalue weighted by molar-refractivity contribution is 5.86. The minimum atomic E-state index is -4.73. The Hall–Kier alpha value is -3.18. The van der Waals surface area contributed by atoms with Crippen molar-refractivity contribution in [1.82, 2.24) is 14.7 Å². The third kappa shape index (κ3) is 5.60. The molecule has 0 saturated carbocycles. The lowest BCUT2D eigenvalue weighted by Crippen LogP contribution is -2.57. The van der Waals surface area contributed by atoms with Gasteiger partial charge in [0.1, 0.15) is 5.82 Å². The molecular weight excluding hydrogens is 518 g/mol.